The molecule has 2 heterocycles. The van der Waals surface area contributed by atoms with Gasteiger partial charge in [-0.3, -0.25) is 4.79 Å². The lowest BCUT2D eigenvalue weighted by atomic mass is 9.92. The van der Waals surface area contributed by atoms with Gasteiger partial charge in [0.05, 0.1) is 11.1 Å². The largest absolute Gasteiger partial charge is 0.404 e. The maximum Gasteiger partial charge on any atom is 0.251 e. The number of aromatic nitrogens is 2. The minimum Gasteiger partial charge on any atom is -0.404 e. The third-order valence-electron chi connectivity index (χ3n) is 4.98. The Morgan fingerprint density at radius 2 is 2.24 bits per heavy atom. The van der Waals surface area contributed by atoms with Crippen molar-refractivity contribution in [2.24, 2.45) is 17.4 Å². The number of hydrogen-bond donors (Lipinski definition) is 3. The second-order valence-corrected chi connectivity index (χ2v) is 6.48. The molecule has 0 bridgehead atoms. The van der Waals surface area contributed by atoms with Crippen molar-refractivity contribution < 1.29 is 9.18 Å². The number of aromatic amines is 1. The van der Waals surface area contributed by atoms with Gasteiger partial charge in [-0.1, -0.05) is 6.92 Å². The van der Waals surface area contributed by atoms with Crippen molar-refractivity contribution in [1.29, 1.82) is 0 Å². The van der Waals surface area contributed by atoms with Crippen LogP contribution in [-0.4, -0.2) is 40.4 Å². The van der Waals surface area contributed by atoms with Crippen LogP contribution in [0.25, 0.3) is 16.6 Å². The summed E-state index contributed by atoms with van der Waals surface area (Å²) in [4.78, 5) is 21.6. The zero-order chi connectivity index (χ0) is 18.0. The predicted molar refractivity (Wildman–Crippen MR) is 96.2 cm³/mol. The van der Waals surface area contributed by atoms with Crippen LogP contribution < -0.4 is 11.5 Å². The number of nitrogens with zero attached hydrogens (tertiary/aromatic N) is 2. The summed E-state index contributed by atoms with van der Waals surface area (Å²) in [6.45, 7) is 5.31. The van der Waals surface area contributed by atoms with Crippen LogP contribution in [0.1, 0.15) is 42.4 Å². The van der Waals surface area contributed by atoms with Crippen molar-refractivity contribution in [2.45, 2.75) is 26.2 Å². The fraction of sp³-hybridized carbons (Fsp3) is 0.444. The molecule has 1 aliphatic rings. The highest BCUT2D eigenvalue weighted by atomic mass is 19.1. The lowest BCUT2D eigenvalue weighted by Crippen LogP contribution is -2.24. The van der Waals surface area contributed by atoms with E-state index in [1.54, 1.807) is 6.20 Å². The van der Waals surface area contributed by atoms with E-state index in [0.717, 1.165) is 50.5 Å². The Labute approximate surface area is 146 Å². The zero-order valence-electron chi connectivity index (χ0n) is 14.4. The van der Waals surface area contributed by atoms with E-state index in [1.165, 1.54) is 6.07 Å². The van der Waals surface area contributed by atoms with Crippen molar-refractivity contribution in [1.82, 2.24) is 14.9 Å². The molecule has 0 spiro atoms. The Kier molecular flexibility index (Phi) is 5.03. The summed E-state index contributed by atoms with van der Waals surface area (Å²) in [6.07, 6.45) is 4.68. The molecular weight excluding hydrogens is 321 g/mol. The molecule has 25 heavy (non-hydrogen) atoms. The van der Waals surface area contributed by atoms with E-state index in [-0.39, 0.29) is 11.5 Å². The van der Waals surface area contributed by atoms with Gasteiger partial charge in [-0.05, 0) is 56.9 Å². The lowest BCUT2D eigenvalue weighted by molar-refractivity contribution is 0.100. The molecule has 1 unspecified atom stereocenters. The van der Waals surface area contributed by atoms with Gasteiger partial charge in [0.1, 0.15) is 17.2 Å². The summed E-state index contributed by atoms with van der Waals surface area (Å²) in [5.41, 5.74) is 13.1. The lowest BCUT2D eigenvalue weighted by Gasteiger charge is -2.18. The zero-order valence-corrected chi connectivity index (χ0v) is 14.4. The highest BCUT2D eigenvalue weighted by Crippen LogP contribution is 2.31. The number of rotatable bonds is 4. The molecule has 7 heteroatoms. The van der Waals surface area contributed by atoms with Gasteiger partial charge in [0.25, 0.3) is 5.91 Å². The summed E-state index contributed by atoms with van der Waals surface area (Å²) >= 11 is 0. The minimum atomic E-state index is -0.700. The first-order valence-corrected chi connectivity index (χ1v) is 8.67. The number of amides is 1. The molecule has 1 aromatic carbocycles. The number of likely N-dealkylation sites (tertiary alicyclic amines) is 1. The molecule has 6 nitrogen and oxygen atoms in total. The van der Waals surface area contributed by atoms with Gasteiger partial charge in [0.15, 0.2) is 0 Å². The Morgan fingerprint density at radius 1 is 1.44 bits per heavy atom. The van der Waals surface area contributed by atoms with Gasteiger partial charge in [-0.15, -0.1) is 0 Å². The van der Waals surface area contributed by atoms with Crippen molar-refractivity contribution >= 4 is 22.5 Å². The standard InChI is InChI=1S/C18H24FN5O/c1-2-24-6-3-4-11(5-7-24)14(10-20)18-22-15-9-12(19)8-13(17(21)25)16(15)23-18/h8-11H,2-7,20H2,1H3,(H2,21,25)(H,22,23). The number of halogens is 1. The molecule has 1 aliphatic heterocycles. The van der Waals surface area contributed by atoms with E-state index in [9.17, 15) is 9.18 Å². The van der Waals surface area contributed by atoms with E-state index in [1.807, 2.05) is 0 Å². The molecule has 134 valence electrons. The van der Waals surface area contributed by atoms with Gasteiger partial charge >= 0.3 is 0 Å². The van der Waals surface area contributed by atoms with Crippen LogP contribution in [0.3, 0.4) is 0 Å². The monoisotopic (exact) mass is 345 g/mol. The van der Waals surface area contributed by atoms with Crippen molar-refractivity contribution in [2.75, 3.05) is 19.6 Å². The molecule has 1 fully saturated rings. The first kappa shape index (κ1) is 17.4. The van der Waals surface area contributed by atoms with Crippen LogP contribution >= 0.6 is 0 Å². The number of carbonyl (C=O) groups is 1. The van der Waals surface area contributed by atoms with Crippen molar-refractivity contribution in [3.8, 4) is 0 Å². The number of H-pyrrole nitrogens is 1. The number of carbonyl (C=O) groups excluding carboxylic acids is 1. The number of nitrogens with two attached hydrogens (primary N) is 2. The summed E-state index contributed by atoms with van der Waals surface area (Å²) in [5.74, 6) is -0.360. The van der Waals surface area contributed by atoms with Crippen LogP contribution in [0.5, 0.6) is 0 Å². The number of hydrogen-bond acceptors (Lipinski definition) is 4. The van der Waals surface area contributed by atoms with Crippen LogP contribution in [0.15, 0.2) is 18.3 Å². The molecular formula is C18H24FN5O. The molecule has 0 radical (unpaired) electrons. The smallest absolute Gasteiger partial charge is 0.251 e. The first-order valence-electron chi connectivity index (χ1n) is 8.67. The number of primary amides is 1. The molecule has 1 atom stereocenters. The fourth-order valence-electron chi connectivity index (χ4n) is 3.60. The van der Waals surface area contributed by atoms with Crippen molar-refractivity contribution in [3.63, 3.8) is 0 Å². The highest BCUT2D eigenvalue weighted by Gasteiger charge is 2.23. The van der Waals surface area contributed by atoms with E-state index in [4.69, 9.17) is 11.5 Å². The SMILES string of the molecule is CCN1CCCC(C(=CN)c2nc3c(C(N)=O)cc(F)cc3[nH]2)CC1. The number of allylic oxidation sites excluding steroid dienone is 1. The van der Waals surface area contributed by atoms with Gasteiger partial charge in [0, 0.05) is 11.8 Å². The number of fused-ring (bicyclic) bond motifs is 1. The average Bonchev–Trinajstić information content (AvgIpc) is 2.85. The molecule has 1 saturated heterocycles. The van der Waals surface area contributed by atoms with Gasteiger partial charge in [0.2, 0.25) is 0 Å². The Balaban J connectivity index is 1.96. The van der Waals surface area contributed by atoms with E-state index < -0.39 is 11.7 Å². The van der Waals surface area contributed by atoms with Crippen LogP contribution in [-0.2, 0) is 0 Å². The Bertz CT molecular complexity index is 813. The number of imidazole rings is 1. The normalized spacial score (nSPS) is 19.9. The minimum absolute atomic E-state index is 0.0758. The maximum absolute atomic E-state index is 13.7. The van der Waals surface area contributed by atoms with E-state index >= 15 is 0 Å². The van der Waals surface area contributed by atoms with Crippen LogP contribution in [0, 0.1) is 11.7 Å². The molecule has 1 amide bonds. The molecule has 5 N–H and O–H groups in total. The first-order chi connectivity index (χ1) is 12.0. The summed E-state index contributed by atoms with van der Waals surface area (Å²) in [7, 11) is 0. The van der Waals surface area contributed by atoms with Crippen LogP contribution in [0.4, 0.5) is 4.39 Å². The maximum atomic E-state index is 13.7. The van der Waals surface area contributed by atoms with E-state index in [2.05, 4.69) is 21.8 Å². The predicted octanol–water partition coefficient (Wildman–Crippen LogP) is 2.22. The molecule has 3 rings (SSSR count). The quantitative estimate of drug-likeness (QED) is 0.791. The molecule has 1 aromatic heterocycles. The van der Waals surface area contributed by atoms with Crippen molar-refractivity contribution in [3.05, 3.63) is 35.5 Å². The third-order valence-corrected chi connectivity index (χ3v) is 4.98. The summed E-state index contributed by atoms with van der Waals surface area (Å²) in [5, 5.41) is 0. The van der Waals surface area contributed by atoms with Gasteiger partial charge in [-0.25, -0.2) is 9.37 Å². The van der Waals surface area contributed by atoms with Gasteiger partial charge in [-0.2, -0.15) is 0 Å². The van der Waals surface area contributed by atoms with Crippen LogP contribution in [0.2, 0.25) is 0 Å². The van der Waals surface area contributed by atoms with Gasteiger partial charge < -0.3 is 21.4 Å². The molecule has 0 aliphatic carbocycles. The number of nitrogens with one attached hydrogen (secondary N) is 1. The second-order valence-electron chi connectivity index (χ2n) is 6.48. The molecule has 2 aromatic rings. The summed E-state index contributed by atoms with van der Waals surface area (Å²) in [6, 6.07) is 2.43. The third kappa shape index (κ3) is 3.51. The summed E-state index contributed by atoms with van der Waals surface area (Å²) < 4.78 is 13.7. The average molecular weight is 345 g/mol. The highest BCUT2D eigenvalue weighted by molar-refractivity contribution is 6.04. The fourth-order valence-corrected chi connectivity index (χ4v) is 3.60. The topological polar surface area (TPSA) is 101 Å². The Hall–Kier alpha value is -2.41. The second kappa shape index (κ2) is 7.23. The molecule has 0 saturated carbocycles. The van der Waals surface area contributed by atoms with E-state index in [0.29, 0.717) is 16.9 Å². The number of benzene rings is 1. The Morgan fingerprint density at radius 3 is 2.92 bits per heavy atom.